The van der Waals surface area contributed by atoms with Crippen LogP contribution in [0, 0.1) is 0 Å². The van der Waals surface area contributed by atoms with E-state index < -0.39 is 13.9 Å². The van der Waals surface area contributed by atoms with Crippen LogP contribution < -0.4 is 4.89 Å². The number of rotatable bonds is 35. The van der Waals surface area contributed by atoms with Gasteiger partial charge in [0, 0.05) is 13.0 Å². The number of phosphoric acid groups is 1. The molecular weight excluding hydrogens is 637 g/mol. The number of carbonyl (C=O) groups is 1. The third kappa shape index (κ3) is 37.5. The smallest absolute Gasteiger partial charge is 0.306 e. The average Bonchev–Trinajstić information content (AvgIpc) is 3.04. The van der Waals surface area contributed by atoms with Crippen molar-refractivity contribution in [2.75, 3.05) is 54.1 Å². The zero-order valence-electron chi connectivity index (χ0n) is 32.1. The van der Waals surface area contributed by atoms with Crippen molar-refractivity contribution in [3.63, 3.8) is 0 Å². The summed E-state index contributed by atoms with van der Waals surface area (Å²) in [7, 11) is 1.34. The van der Waals surface area contributed by atoms with Crippen molar-refractivity contribution in [1.29, 1.82) is 0 Å². The lowest BCUT2D eigenvalue weighted by Gasteiger charge is -2.28. The number of unbranched alkanes of at least 4 members (excludes halogenated alkanes) is 13. The van der Waals surface area contributed by atoms with E-state index in [1.807, 2.05) is 21.1 Å². The van der Waals surface area contributed by atoms with Gasteiger partial charge in [0.15, 0.2) is 0 Å². The molecule has 0 heterocycles. The van der Waals surface area contributed by atoms with Gasteiger partial charge in [-0.15, -0.1) is 0 Å². The molecule has 2 unspecified atom stereocenters. The third-order valence-electron chi connectivity index (χ3n) is 7.89. The number of esters is 1. The van der Waals surface area contributed by atoms with Crippen LogP contribution in [0.25, 0.3) is 0 Å². The molecule has 0 bridgehead atoms. The number of hydrogen-bond acceptors (Lipinski definition) is 7. The molecule has 2 atom stereocenters. The number of likely N-dealkylation sites (N-methyl/N-ethyl adjacent to an activating group) is 1. The summed E-state index contributed by atoms with van der Waals surface area (Å²) < 4.78 is 34.2. The first-order valence-electron chi connectivity index (χ1n) is 19.4. The zero-order chi connectivity index (χ0) is 36.3. The second-order valence-corrected chi connectivity index (χ2v) is 15.3. The second-order valence-electron chi connectivity index (χ2n) is 13.9. The van der Waals surface area contributed by atoms with Crippen LogP contribution in [-0.4, -0.2) is 70.7 Å². The van der Waals surface area contributed by atoms with Crippen LogP contribution in [0.4, 0.5) is 0 Å². The maximum atomic E-state index is 12.4. The van der Waals surface area contributed by atoms with E-state index in [1.165, 1.54) is 51.4 Å². The first-order valence-corrected chi connectivity index (χ1v) is 20.8. The van der Waals surface area contributed by atoms with Gasteiger partial charge in [-0.05, 0) is 51.4 Å². The molecule has 0 aliphatic heterocycles. The van der Waals surface area contributed by atoms with Crippen LogP contribution in [0.15, 0.2) is 48.6 Å². The highest BCUT2D eigenvalue weighted by atomic mass is 31.2. The van der Waals surface area contributed by atoms with E-state index in [0.717, 1.165) is 70.6 Å². The van der Waals surface area contributed by atoms with Gasteiger partial charge in [0.2, 0.25) is 0 Å². The van der Waals surface area contributed by atoms with E-state index in [4.69, 9.17) is 18.5 Å². The molecule has 0 spiro atoms. The van der Waals surface area contributed by atoms with E-state index in [9.17, 15) is 14.3 Å². The molecule has 8 nitrogen and oxygen atoms in total. The lowest BCUT2D eigenvalue weighted by atomic mass is 10.1. The molecule has 9 heteroatoms. The lowest BCUT2D eigenvalue weighted by Crippen LogP contribution is -2.37. The van der Waals surface area contributed by atoms with Gasteiger partial charge in [0.25, 0.3) is 7.82 Å². The lowest BCUT2D eigenvalue weighted by molar-refractivity contribution is -0.870. The summed E-state index contributed by atoms with van der Waals surface area (Å²) in [5.74, 6) is -0.352. The van der Waals surface area contributed by atoms with Crippen LogP contribution in [0.2, 0.25) is 0 Å². The van der Waals surface area contributed by atoms with Gasteiger partial charge in [-0.1, -0.05) is 133 Å². The SMILES string of the molecule is CC/C=C\C/C=C\C/C=C\C/C=C\CCCCCCCCCCCOCC(COP(=O)([O-])OCC[N+](C)(C)C)OC(=O)CCCCCCC. The number of quaternary nitrogens is 1. The molecule has 0 rings (SSSR count). The van der Waals surface area contributed by atoms with E-state index >= 15 is 0 Å². The van der Waals surface area contributed by atoms with Gasteiger partial charge >= 0.3 is 5.97 Å². The Kier molecular flexibility index (Phi) is 32.5. The Labute approximate surface area is 301 Å². The summed E-state index contributed by atoms with van der Waals surface area (Å²) in [6, 6.07) is 0. The Morgan fingerprint density at radius 1 is 0.653 bits per heavy atom. The Hall–Kier alpha value is -1.54. The number of phosphoric ester groups is 1. The van der Waals surface area contributed by atoms with Crippen LogP contribution in [0.5, 0.6) is 0 Å². The van der Waals surface area contributed by atoms with Gasteiger partial charge in [-0.25, -0.2) is 0 Å². The number of nitrogens with zero attached hydrogens (tertiary/aromatic N) is 1. The van der Waals surface area contributed by atoms with Gasteiger partial charge in [0.1, 0.15) is 19.3 Å². The van der Waals surface area contributed by atoms with Crippen LogP contribution >= 0.6 is 7.82 Å². The molecule has 0 N–H and O–H groups in total. The van der Waals surface area contributed by atoms with Crippen molar-refractivity contribution in [2.45, 2.75) is 148 Å². The Morgan fingerprint density at radius 2 is 1.18 bits per heavy atom. The minimum atomic E-state index is -4.51. The van der Waals surface area contributed by atoms with E-state index in [2.05, 4.69) is 62.5 Å². The van der Waals surface area contributed by atoms with E-state index in [0.29, 0.717) is 24.1 Å². The molecule has 0 aromatic heterocycles. The van der Waals surface area contributed by atoms with Crippen molar-refractivity contribution in [2.24, 2.45) is 0 Å². The maximum absolute atomic E-state index is 12.4. The first kappa shape index (κ1) is 47.5. The Balaban J connectivity index is 4.04. The molecule has 0 aromatic carbocycles. The molecule has 0 amide bonds. The molecular formula is C40H74NO7P. The number of allylic oxidation sites excluding steroid dienone is 8. The van der Waals surface area contributed by atoms with Crippen LogP contribution in [0.3, 0.4) is 0 Å². The van der Waals surface area contributed by atoms with Gasteiger partial charge in [0.05, 0.1) is 34.4 Å². The minimum absolute atomic E-state index is 0.0235. The van der Waals surface area contributed by atoms with Crippen molar-refractivity contribution >= 4 is 13.8 Å². The second kappa shape index (κ2) is 33.6. The summed E-state index contributed by atoms with van der Waals surface area (Å²) >= 11 is 0. The summed E-state index contributed by atoms with van der Waals surface area (Å²) in [5.41, 5.74) is 0. The van der Waals surface area contributed by atoms with Crippen molar-refractivity contribution in [3.05, 3.63) is 48.6 Å². The van der Waals surface area contributed by atoms with E-state index in [1.54, 1.807) is 0 Å². The molecule has 0 saturated heterocycles. The summed E-state index contributed by atoms with van der Waals surface area (Å²) in [4.78, 5) is 24.7. The zero-order valence-corrected chi connectivity index (χ0v) is 33.0. The molecule has 0 aliphatic rings. The fourth-order valence-corrected chi connectivity index (χ4v) is 5.62. The summed E-state index contributed by atoms with van der Waals surface area (Å²) in [5, 5.41) is 0. The van der Waals surface area contributed by atoms with Crippen LogP contribution in [-0.2, 0) is 27.9 Å². The maximum Gasteiger partial charge on any atom is 0.306 e. The highest BCUT2D eigenvalue weighted by Crippen LogP contribution is 2.38. The molecule has 49 heavy (non-hydrogen) atoms. The number of ether oxygens (including phenoxy) is 2. The number of carbonyl (C=O) groups excluding carboxylic acids is 1. The fourth-order valence-electron chi connectivity index (χ4n) is 4.89. The fraction of sp³-hybridized carbons (Fsp3) is 0.775. The van der Waals surface area contributed by atoms with Gasteiger partial charge in [-0.2, -0.15) is 0 Å². The highest BCUT2D eigenvalue weighted by Gasteiger charge is 2.20. The van der Waals surface area contributed by atoms with Crippen molar-refractivity contribution < 1.29 is 37.3 Å². The average molecular weight is 712 g/mol. The van der Waals surface area contributed by atoms with Gasteiger partial charge < -0.3 is 27.9 Å². The predicted molar refractivity (Wildman–Crippen MR) is 203 cm³/mol. The van der Waals surface area contributed by atoms with E-state index in [-0.39, 0.29) is 25.8 Å². The molecule has 0 aromatic rings. The summed E-state index contributed by atoms with van der Waals surface area (Å²) in [6.07, 6.45) is 38.8. The van der Waals surface area contributed by atoms with Crippen LogP contribution in [0.1, 0.15) is 142 Å². The molecule has 0 aliphatic carbocycles. The van der Waals surface area contributed by atoms with Crippen molar-refractivity contribution in [3.8, 4) is 0 Å². The molecule has 0 fully saturated rings. The molecule has 0 saturated carbocycles. The highest BCUT2D eigenvalue weighted by molar-refractivity contribution is 7.45. The third-order valence-corrected chi connectivity index (χ3v) is 8.86. The Bertz CT molecular complexity index is 926. The minimum Gasteiger partial charge on any atom is -0.756 e. The quantitative estimate of drug-likeness (QED) is 0.0212. The monoisotopic (exact) mass is 712 g/mol. The Morgan fingerprint density at radius 3 is 1.78 bits per heavy atom. The van der Waals surface area contributed by atoms with Crippen molar-refractivity contribution in [1.82, 2.24) is 0 Å². The molecule has 286 valence electrons. The first-order chi connectivity index (χ1) is 23.6. The van der Waals surface area contributed by atoms with Gasteiger partial charge in [-0.3, -0.25) is 9.36 Å². The standard InChI is InChI=1S/C40H74NO7P/c1-6-8-10-12-13-14-15-16-17-18-19-20-21-22-23-24-25-26-27-28-30-32-35-45-37-39(48-40(42)33-31-29-11-9-7-2)38-47-49(43,44)46-36-34-41(3,4)5/h8,10,13-14,16-17,19-20,39H,6-7,9,11-12,15,18,21-38H2,1-5H3/b10-8-,14-13-,17-16-,20-19-. The topological polar surface area (TPSA) is 94.1 Å². The summed E-state index contributed by atoms with van der Waals surface area (Å²) in [6.45, 7) is 5.18. The normalized spacial score (nSPS) is 14.5. The largest absolute Gasteiger partial charge is 0.756 e. The molecule has 0 radical (unpaired) electrons. The number of hydrogen-bond donors (Lipinski definition) is 0. The predicted octanol–water partition coefficient (Wildman–Crippen LogP) is 10.2.